The molecule has 19 heavy (non-hydrogen) atoms. The quantitative estimate of drug-likeness (QED) is 0.858. The molecule has 1 aromatic heterocycles. The van der Waals surface area contributed by atoms with Gasteiger partial charge in [0.2, 0.25) is 0 Å². The average Bonchev–Trinajstić information content (AvgIpc) is 2.88. The number of rotatable bonds is 2. The number of nitrogen functional groups attached to an aromatic ring is 1. The summed E-state index contributed by atoms with van der Waals surface area (Å²) in [6.07, 6.45) is 1.04. The van der Waals surface area contributed by atoms with Crippen LogP contribution in [-0.2, 0) is 20.0 Å². The van der Waals surface area contributed by atoms with Crippen LogP contribution >= 0.6 is 11.6 Å². The van der Waals surface area contributed by atoms with E-state index in [4.69, 9.17) is 17.3 Å². The summed E-state index contributed by atoms with van der Waals surface area (Å²) in [5.41, 5.74) is 11.5. The molecule has 0 radical (unpaired) electrons. The van der Waals surface area contributed by atoms with E-state index in [0.717, 1.165) is 42.1 Å². The van der Waals surface area contributed by atoms with E-state index < -0.39 is 0 Å². The molecule has 0 spiro atoms. The molecular formula is C14H17ClN4. The van der Waals surface area contributed by atoms with E-state index in [1.54, 1.807) is 4.68 Å². The summed E-state index contributed by atoms with van der Waals surface area (Å²) in [5, 5.41) is 5.07. The predicted molar refractivity (Wildman–Crippen MR) is 78.6 cm³/mol. The Kier molecular flexibility index (Phi) is 2.90. The third-order valence-corrected chi connectivity index (χ3v) is 4.21. The Hall–Kier alpha value is -1.68. The van der Waals surface area contributed by atoms with Crippen molar-refractivity contribution in [2.24, 2.45) is 7.05 Å². The molecule has 0 saturated carbocycles. The molecule has 0 amide bonds. The van der Waals surface area contributed by atoms with Gasteiger partial charge in [-0.1, -0.05) is 23.7 Å². The van der Waals surface area contributed by atoms with Gasteiger partial charge >= 0.3 is 0 Å². The molecule has 3 rings (SSSR count). The summed E-state index contributed by atoms with van der Waals surface area (Å²) >= 11 is 6.30. The highest BCUT2D eigenvalue weighted by Crippen LogP contribution is 2.35. The summed E-state index contributed by atoms with van der Waals surface area (Å²) in [5.74, 6) is 0. The number of anilines is 2. The SMILES string of the molecule is Cc1nn(C)c(Cl)c1CN1CCc2cccc(N)c21. The highest BCUT2D eigenvalue weighted by molar-refractivity contribution is 6.30. The van der Waals surface area contributed by atoms with Crippen molar-refractivity contribution >= 4 is 23.0 Å². The van der Waals surface area contributed by atoms with E-state index in [2.05, 4.69) is 16.1 Å². The van der Waals surface area contributed by atoms with Gasteiger partial charge in [-0.2, -0.15) is 5.10 Å². The van der Waals surface area contributed by atoms with Gasteiger partial charge in [-0.05, 0) is 25.0 Å². The zero-order valence-electron chi connectivity index (χ0n) is 11.2. The maximum atomic E-state index is 6.30. The molecule has 5 heteroatoms. The summed E-state index contributed by atoms with van der Waals surface area (Å²) in [6.45, 7) is 3.74. The highest BCUT2D eigenvalue weighted by Gasteiger charge is 2.23. The summed E-state index contributed by atoms with van der Waals surface area (Å²) in [6, 6.07) is 6.11. The minimum Gasteiger partial charge on any atom is -0.397 e. The van der Waals surface area contributed by atoms with Gasteiger partial charge in [0.05, 0.1) is 17.1 Å². The first-order valence-electron chi connectivity index (χ1n) is 6.38. The van der Waals surface area contributed by atoms with Crippen LogP contribution in [0.1, 0.15) is 16.8 Å². The number of nitrogens with zero attached hydrogens (tertiary/aromatic N) is 3. The van der Waals surface area contributed by atoms with Gasteiger partial charge in [-0.3, -0.25) is 4.68 Å². The molecule has 100 valence electrons. The first kappa shape index (κ1) is 12.4. The standard InChI is InChI=1S/C14H17ClN4/c1-9-11(14(15)18(2)17-9)8-19-7-6-10-4-3-5-12(16)13(10)19/h3-5H,6-8,16H2,1-2H3. The highest BCUT2D eigenvalue weighted by atomic mass is 35.5. The largest absolute Gasteiger partial charge is 0.397 e. The smallest absolute Gasteiger partial charge is 0.131 e. The third kappa shape index (κ3) is 1.96. The fourth-order valence-corrected chi connectivity index (χ4v) is 3.00. The molecule has 1 aliphatic rings. The average molecular weight is 277 g/mol. The lowest BCUT2D eigenvalue weighted by molar-refractivity contribution is 0.757. The van der Waals surface area contributed by atoms with Crippen molar-refractivity contribution in [3.05, 3.63) is 40.2 Å². The molecule has 1 aliphatic heterocycles. The van der Waals surface area contributed by atoms with Crippen LogP contribution in [0.2, 0.25) is 5.15 Å². The first-order chi connectivity index (χ1) is 9.08. The molecule has 2 N–H and O–H groups in total. The van der Waals surface area contributed by atoms with Crippen molar-refractivity contribution in [2.75, 3.05) is 17.2 Å². The Labute approximate surface area is 117 Å². The molecular weight excluding hydrogens is 260 g/mol. The molecule has 0 aliphatic carbocycles. The van der Waals surface area contributed by atoms with Crippen LogP contribution in [-0.4, -0.2) is 16.3 Å². The Bertz CT molecular complexity index is 633. The predicted octanol–water partition coefficient (Wildman–Crippen LogP) is 2.53. The number of fused-ring (bicyclic) bond motifs is 1. The van der Waals surface area contributed by atoms with Crippen LogP contribution in [0.4, 0.5) is 11.4 Å². The monoisotopic (exact) mass is 276 g/mol. The van der Waals surface area contributed by atoms with Crippen molar-refractivity contribution in [1.82, 2.24) is 9.78 Å². The van der Waals surface area contributed by atoms with E-state index in [1.165, 1.54) is 5.56 Å². The molecule has 1 aromatic carbocycles. The zero-order valence-corrected chi connectivity index (χ0v) is 11.9. The number of aryl methyl sites for hydroxylation is 2. The summed E-state index contributed by atoms with van der Waals surface area (Å²) in [4.78, 5) is 2.29. The molecule has 0 unspecified atom stereocenters. The number of benzene rings is 1. The van der Waals surface area contributed by atoms with E-state index in [0.29, 0.717) is 5.15 Å². The summed E-state index contributed by atoms with van der Waals surface area (Å²) < 4.78 is 1.72. The Morgan fingerprint density at radius 1 is 1.42 bits per heavy atom. The van der Waals surface area contributed by atoms with Crippen LogP contribution < -0.4 is 10.6 Å². The second-order valence-electron chi connectivity index (χ2n) is 5.00. The van der Waals surface area contributed by atoms with Crippen LogP contribution in [0, 0.1) is 6.92 Å². The van der Waals surface area contributed by atoms with Gasteiger partial charge in [0.25, 0.3) is 0 Å². The number of para-hydroxylation sites is 1. The molecule has 0 fully saturated rings. The van der Waals surface area contributed by atoms with Gasteiger partial charge in [0.15, 0.2) is 0 Å². The minimum absolute atomic E-state index is 0.709. The molecule has 4 nitrogen and oxygen atoms in total. The van der Waals surface area contributed by atoms with Crippen LogP contribution in [0.25, 0.3) is 0 Å². The van der Waals surface area contributed by atoms with Gasteiger partial charge in [0, 0.05) is 25.7 Å². The molecule has 2 heterocycles. The Morgan fingerprint density at radius 3 is 2.89 bits per heavy atom. The van der Waals surface area contributed by atoms with E-state index in [9.17, 15) is 0 Å². The maximum Gasteiger partial charge on any atom is 0.131 e. The van der Waals surface area contributed by atoms with Gasteiger partial charge < -0.3 is 10.6 Å². The fraction of sp³-hybridized carbons (Fsp3) is 0.357. The van der Waals surface area contributed by atoms with E-state index in [1.807, 2.05) is 26.1 Å². The first-order valence-corrected chi connectivity index (χ1v) is 6.76. The van der Waals surface area contributed by atoms with Crippen molar-refractivity contribution in [3.63, 3.8) is 0 Å². The number of hydrogen-bond donors (Lipinski definition) is 1. The third-order valence-electron chi connectivity index (χ3n) is 3.74. The van der Waals surface area contributed by atoms with Crippen molar-refractivity contribution in [1.29, 1.82) is 0 Å². The minimum atomic E-state index is 0.709. The molecule has 0 saturated heterocycles. The second kappa shape index (κ2) is 4.46. The normalized spacial score (nSPS) is 13.9. The van der Waals surface area contributed by atoms with Crippen molar-refractivity contribution in [2.45, 2.75) is 19.9 Å². The Morgan fingerprint density at radius 2 is 2.21 bits per heavy atom. The van der Waals surface area contributed by atoms with Crippen LogP contribution in [0.15, 0.2) is 18.2 Å². The van der Waals surface area contributed by atoms with Gasteiger partial charge in [-0.25, -0.2) is 0 Å². The maximum absolute atomic E-state index is 6.30. The fourth-order valence-electron chi connectivity index (χ4n) is 2.77. The van der Waals surface area contributed by atoms with Crippen LogP contribution in [0.5, 0.6) is 0 Å². The lowest BCUT2D eigenvalue weighted by Crippen LogP contribution is -2.21. The lowest BCUT2D eigenvalue weighted by Gasteiger charge is -2.20. The van der Waals surface area contributed by atoms with Gasteiger partial charge in [0.1, 0.15) is 5.15 Å². The van der Waals surface area contributed by atoms with Crippen molar-refractivity contribution in [3.8, 4) is 0 Å². The topological polar surface area (TPSA) is 47.1 Å². The second-order valence-corrected chi connectivity index (χ2v) is 5.36. The van der Waals surface area contributed by atoms with Crippen molar-refractivity contribution < 1.29 is 0 Å². The molecule has 2 aromatic rings. The van der Waals surface area contributed by atoms with E-state index in [-0.39, 0.29) is 0 Å². The molecule has 0 atom stereocenters. The van der Waals surface area contributed by atoms with Gasteiger partial charge in [-0.15, -0.1) is 0 Å². The Balaban J connectivity index is 1.95. The number of hydrogen-bond acceptors (Lipinski definition) is 3. The number of aromatic nitrogens is 2. The molecule has 0 bridgehead atoms. The summed E-state index contributed by atoms with van der Waals surface area (Å²) in [7, 11) is 1.87. The van der Waals surface area contributed by atoms with E-state index >= 15 is 0 Å². The zero-order chi connectivity index (χ0) is 13.6. The lowest BCUT2D eigenvalue weighted by atomic mass is 10.1. The number of halogens is 1. The van der Waals surface area contributed by atoms with Crippen LogP contribution in [0.3, 0.4) is 0 Å². The number of nitrogens with two attached hydrogens (primary N) is 1.